The monoisotopic (exact) mass is 385 g/mol. The van der Waals surface area contributed by atoms with Crippen LogP contribution in [0.2, 0.25) is 0 Å². The Morgan fingerprint density at radius 1 is 1.12 bits per heavy atom. The van der Waals surface area contributed by atoms with E-state index in [1.807, 2.05) is 54.6 Å². The van der Waals surface area contributed by atoms with E-state index in [-0.39, 0.29) is 5.91 Å². The Kier molecular flexibility index (Phi) is 6.62. The number of carbonyl (C=O) groups is 1. The smallest absolute Gasteiger partial charge is 0.257 e. The summed E-state index contributed by atoms with van der Waals surface area (Å²) in [5.74, 6) is 1.59. The molecular weight excluding hydrogens is 366 g/mol. The number of nitrogens with zero attached hydrogens (tertiary/aromatic N) is 2. The van der Waals surface area contributed by atoms with Crippen molar-refractivity contribution in [2.75, 3.05) is 18.2 Å². The van der Waals surface area contributed by atoms with Crippen LogP contribution in [0.25, 0.3) is 0 Å². The predicted octanol–water partition coefficient (Wildman–Crippen LogP) is 4.27. The maximum absolute atomic E-state index is 12.3. The lowest BCUT2D eigenvalue weighted by molar-refractivity contribution is 0.102. The number of benzene rings is 2. The van der Waals surface area contributed by atoms with Gasteiger partial charge in [0.1, 0.15) is 10.8 Å². The fraction of sp³-hybridized carbons (Fsp3) is 0.211. The van der Waals surface area contributed by atoms with Gasteiger partial charge in [-0.15, -0.1) is 10.2 Å². The second-order valence-electron chi connectivity index (χ2n) is 5.50. The Hall–Kier alpha value is -2.38. The maximum Gasteiger partial charge on any atom is 0.257 e. The number of carbonyl (C=O) groups excluding carboxylic acids is 1. The fourth-order valence-corrected chi connectivity index (χ4v) is 3.51. The number of hydrogen-bond acceptors (Lipinski definition) is 6. The molecule has 1 heterocycles. The lowest BCUT2D eigenvalue weighted by atomic mass is 10.1. The average molecular weight is 386 g/mol. The average Bonchev–Trinajstić information content (AvgIpc) is 3.11. The van der Waals surface area contributed by atoms with E-state index in [9.17, 15) is 4.79 Å². The van der Waals surface area contributed by atoms with Crippen molar-refractivity contribution < 1.29 is 9.53 Å². The molecule has 0 saturated carbocycles. The van der Waals surface area contributed by atoms with Crippen LogP contribution in [0, 0.1) is 0 Å². The molecule has 0 saturated heterocycles. The van der Waals surface area contributed by atoms with Crippen LogP contribution in [-0.2, 0) is 12.2 Å². The molecule has 0 aliphatic rings. The van der Waals surface area contributed by atoms with E-state index in [2.05, 4.69) is 21.8 Å². The molecule has 0 aliphatic carbocycles. The summed E-state index contributed by atoms with van der Waals surface area (Å²) in [6, 6.07) is 17.2. The highest BCUT2D eigenvalue weighted by molar-refractivity contribution is 7.97. The molecule has 3 aromatic rings. The standard InChI is InChI=1S/C19H19N3O2S2/c1-25-13-14-7-9-15(10-8-14)18(23)20-19-22-21-17(26-19)11-12-24-16-5-3-2-4-6-16/h2-10H,11-13H2,1H3,(H,20,22,23). The van der Waals surface area contributed by atoms with E-state index >= 15 is 0 Å². The zero-order valence-corrected chi connectivity index (χ0v) is 16.0. The zero-order valence-electron chi connectivity index (χ0n) is 14.3. The summed E-state index contributed by atoms with van der Waals surface area (Å²) < 4.78 is 5.65. The van der Waals surface area contributed by atoms with Gasteiger partial charge in [0.15, 0.2) is 0 Å². The van der Waals surface area contributed by atoms with Gasteiger partial charge in [-0.25, -0.2) is 0 Å². The summed E-state index contributed by atoms with van der Waals surface area (Å²) in [5, 5.41) is 12.3. The summed E-state index contributed by atoms with van der Waals surface area (Å²) in [5.41, 5.74) is 1.81. The normalized spacial score (nSPS) is 10.5. The Bertz CT molecular complexity index is 836. The number of thioether (sulfide) groups is 1. The molecule has 0 aliphatic heterocycles. The van der Waals surface area contributed by atoms with Gasteiger partial charge >= 0.3 is 0 Å². The lowest BCUT2D eigenvalue weighted by Crippen LogP contribution is -2.11. The van der Waals surface area contributed by atoms with Gasteiger partial charge in [0, 0.05) is 17.7 Å². The second kappa shape index (κ2) is 9.35. The molecule has 0 spiro atoms. The molecule has 0 atom stereocenters. The predicted molar refractivity (Wildman–Crippen MR) is 107 cm³/mol. The van der Waals surface area contributed by atoms with Crippen LogP contribution in [0.3, 0.4) is 0 Å². The van der Waals surface area contributed by atoms with Crippen LogP contribution in [-0.4, -0.2) is 29.0 Å². The van der Waals surface area contributed by atoms with Crippen LogP contribution in [0.15, 0.2) is 54.6 Å². The van der Waals surface area contributed by atoms with Gasteiger partial charge in [-0.2, -0.15) is 11.8 Å². The first-order valence-corrected chi connectivity index (χ1v) is 10.3. The molecule has 26 heavy (non-hydrogen) atoms. The van der Waals surface area contributed by atoms with Gasteiger partial charge in [0.05, 0.1) is 6.61 Å². The highest BCUT2D eigenvalue weighted by Gasteiger charge is 2.10. The van der Waals surface area contributed by atoms with Gasteiger partial charge in [-0.1, -0.05) is 41.7 Å². The molecule has 2 aromatic carbocycles. The van der Waals surface area contributed by atoms with Crippen molar-refractivity contribution in [3.05, 3.63) is 70.7 Å². The second-order valence-corrected chi connectivity index (χ2v) is 7.42. The largest absolute Gasteiger partial charge is 0.493 e. The summed E-state index contributed by atoms with van der Waals surface area (Å²) in [6.45, 7) is 0.517. The summed E-state index contributed by atoms with van der Waals surface area (Å²) in [4.78, 5) is 12.3. The minimum absolute atomic E-state index is 0.177. The number of nitrogens with one attached hydrogen (secondary N) is 1. The molecular formula is C19H19N3O2S2. The van der Waals surface area contributed by atoms with Crippen LogP contribution in [0.4, 0.5) is 5.13 Å². The van der Waals surface area contributed by atoms with E-state index in [0.29, 0.717) is 23.7 Å². The third-order valence-corrected chi connectivity index (χ3v) is 5.06. The molecule has 5 nitrogen and oxygen atoms in total. The van der Waals surface area contributed by atoms with E-state index in [4.69, 9.17) is 4.74 Å². The molecule has 0 fully saturated rings. The van der Waals surface area contributed by atoms with Crippen LogP contribution in [0.5, 0.6) is 5.75 Å². The van der Waals surface area contributed by atoms with Gasteiger partial charge in [0.25, 0.3) is 5.91 Å². The molecule has 1 N–H and O–H groups in total. The van der Waals surface area contributed by atoms with Gasteiger partial charge in [-0.05, 0) is 36.1 Å². The molecule has 0 unspecified atom stereocenters. The SMILES string of the molecule is CSCc1ccc(C(=O)Nc2nnc(CCOc3ccccc3)s2)cc1. The third-order valence-electron chi connectivity index (χ3n) is 3.54. The van der Waals surface area contributed by atoms with E-state index in [1.165, 1.54) is 16.9 Å². The first-order valence-electron chi connectivity index (χ1n) is 8.14. The third kappa shape index (κ3) is 5.31. The highest BCUT2D eigenvalue weighted by atomic mass is 32.2. The summed E-state index contributed by atoms with van der Waals surface area (Å²) >= 11 is 3.12. The number of hydrogen-bond donors (Lipinski definition) is 1. The number of aromatic nitrogens is 2. The maximum atomic E-state index is 12.3. The van der Waals surface area contributed by atoms with Crippen molar-refractivity contribution >= 4 is 34.1 Å². The first kappa shape index (κ1) is 18.4. The Morgan fingerprint density at radius 2 is 1.88 bits per heavy atom. The fourth-order valence-electron chi connectivity index (χ4n) is 2.27. The van der Waals surface area contributed by atoms with Crippen LogP contribution in [0.1, 0.15) is 20.9 Å². The van der Waals surface area contributed by atoms with Crippen LogP contribution >= 0.6 is 23.1 Å². The number of para-hydroxylation sites is 1. The van der Waals surface area contributed by atoms with Crippen molar-refractivity contribution in [2.24, 2.45) is 0 Å². The van der Waals surface area contributed by atoms with E-state index in [0.717, 1.165) is 16.5 Å². The number of anilines is 1. The molecule has 1 amide bonds. The molecule has 7 heteroatoms. The number of amides is 1. The van der Waals surface area contributed by atoms with Crippen molar-refractivity contribution in [3.8, 4) is 5.75 Å². The van der Waals surface area contributed by atoms with E-state index < -0.39 is 0 Å². The molecule has 0 radical (unpaired) electrons. The Morgan fingerprint density at radius 3 is 2.62 bits per heavy atom. The summed E-state index contributed by atoms with van der Waals surface area (Å²) in [6.07, 6.45) is 2.70. The molecule has 1 aromatic heterocycles. The minimum atomic E-state index is -0.177. The Labute approximate surface area is 160 Å². The van der Waals surface area contributed by atoms with Crippen molar-refractivity contribution in [1.82, 2.24) is 10.2 Å². The number of rotatable bonds is 8. The highest BCUT2D eigenvalue weighted by Crippen LogP contribution is 2.18. The van der Waals surface area contributed by atoms with Crippen LogP contribution < -0.4 is 10.1 Å². The van der Waals surface area contributed by atoms with Crippen molar-refractivity contribution in [2.45, 2.75) is 12.2 Å². The number of ether oxygens (including phenoxy) is 1. The Balaban J connectivity index is 1.50. The topological polar surface area (TPSA) is 64.1 Å². The van der Waals surface area contributed by atoms with E-state index in [1.54, 1.807) is 11.8 Å². The zero-order chi connectivity index (χ0) is 18.2. The van der Waals surface area contributed by atoms with Crippen molar-refractivity contribution in [3.63, 3.8) is 0 Å². The quantitative estimate of drug-likeness (QED) is 0.627. The van der Waals surface area contributed by atoms with Gasteiger partial charge in [-0.3, -0.25) is 10.1 Å². The lowest BCUT2D eigenvalue weighted by Gasteiger charge is -2.03. The van der Waals surface area contributed by atoms with Gasteiger partial charge in [0.2, 0.25) is 5.13 Å². The molecule has 0 bridgehead atoms. The molecule has 134 valence electrons. The molecule has 3 rings (SSSR count). The summed E-state index contributed by atoms with van der Waals surface area (Å²) in [7, 11) is 0. The van der Waals surface area contributed by atoms with Crippen molar-refractivity contribution in [1.29, 1.82) is 0 Å². The minimum Gasteiger partial charge on any atom is -0.493 e. The first-order chi connectivity index (χ1) is 12.7. The van der Waals surface area contributed by atoms with Gasteiger partial charge < -0.3 is 4.74 Å².